The molecule has 0 amide bonds. The van der Waals surface area contributed by atoms with Crippen molar-refractivity contribution in [1.29, 1.82) is 0 Å². The predicted octanol–water partition coefficient (Wildman–Crippen LogP) is 1.99. The Morgan fingerprint density at radius 1 is 1.41 bits per heavy atom. The van der Waals surface area contributed by atoms with Gasteiger partial charge in [0, 0.05) is 13.1 Å². The predicted molar refractivity (Wildman–Crippen MR) is 73.0 cm³/mol. The largest absolute Gasteiger partial charge is 0.389 e. The molecule has 0 bridgehead atoms. The minimum atomic E-state index is -0.622. The summed E-state index contributed by atoms with van der Waals surface area (Å²) in [5.74, 6) is 0.916. The standard InChI is InChI=1S/C14H30N2O/c1-3-6-13-7-10-16(11-13)9-5-8-14(17,4-2)12-15/h13,17H,3-12,15H2,1-2H3. The average Bonchev–Trinajstić information content (AvgIpc) is 2.77. The normalized spacial score (nSPS) is 25.1. The van der Waals surface area contributed by atoms with E-state index in [1.54, 1.807) is 0 Å². The number of aliphatic hydroxyl groups is 1. The molecule has 102 valence electrons. The zero-order valence-electron chi connectivity index (χ0n) is 11.6. The van der Waals surface area contributed by atoms with Gasteiger partial charge in [0.1, 0.15) is 0 Å². The van der Waals surface area contributed by atoms with E-state index < -0.39 is 5.60 Å². The van der Waals surface area contributed by atoms with Gasteiger partial charge in [-0.3, -0.25) is 0 Å². The molecule has 2 unspecified atom stereocenters. The highest BCUT2D eigenvalue weighted by molar-refractivity contribution is 4.80. The second-order valence-corrected chi connectivity index (χ2v) is 5.63. The summed E-state index contributed by atoms with van der Waals surface area (Å²) in [5.41, 5.74) is 4.99. The molecule has 0 aromatic carbocycles. The lowest BCUT2D eigenvalue weighted by Crippen LogP contribution is -2.37. The van der Waals surface area contributed by atoms with Crippen LogP contribution in [0.3, 0.4) is 0 Å². The van der Waals surface area contributed by atoms with E-state index in [0.29, 0.717) is 6.54 Å². The molecule has 2 atom stereocenters. The van der Waals surface area contributed by atoms with E-state index in [1.165, 1.54) is 32.4 Å². The third kappa shape index (κ3) is 4.94. The van der Waals surface area contributed by atoms with E-state index in [2.05, 4.69) is 11.8 Å². The Morgan fingerprint density at radius 3 is 2.76 bits per heavy atom. The van der Waals surface area contributed by atoms with Gasteiger partial charge in [-0.2, -0.15) is 0 Å². The van der Waals surface area contributed by atoms with Gasteiger partial charge in [-0.15, -0.1) is 0 Å². The SMILES string of the molecule is CCCC1CCN(CCCC(O)(CC)CN)C1. The van der Waals surface area contributed by atoms with E-state index in [9.17, 15) is 5.11 Å². The Kier molecular flexibility index (Phi) is 6.45. The van der Waals surface area contributed by atoms with Crippen molar-refractivity contribution in [1.82, 2.24) is 4.90 Å². The van der Waals surface area contributed by atoms with Crippen molar-refractivity contribution in [3.8, 4) is 0 Å². The van der Waals surface area contributed by atoms with E-state index >= 15 is 0 Å². The molecule has 17 heavy (non-hydrogen) atoms. The monoisotopic (exact) mass is 242 g/mol. The lowest BCUT2D eigenvalue weighted by molar-refractivity contribution is 0.0321. The van der Waals surface area contributed by atoms with Crippen molar-refractivity contribution >= 4 is 0 Å². The second kappa shape index (κ2) is 7.34. The molecule has 0 aromatic rings. The van der Waals surface area contributed by atoms with Crippen LogP contribution in [0.2, 0.25) is 0 Å². The Bertz CT molecular complexity index is 204. The minimum Gasteiger partial charge on any atom is -0.389 e. The molecular weight excluding hydrogens is 212 g/mol. The van der Waals surface area contributed by atoms with Gasteiger partial charge in [0.15, 0.2) is 0 Å². The fraction of sp³-hybridized carbons (Fsp3) is 1.00. The highest BCUT2D eigenvalue weighted by Gasteiger charge is 2.24. The third-order valence-corrected chi connectivity index (χ3v) is 4.22. The van der Waals surface area contributed by atoms with Crippen molar-refractivity contribution in [2.24, 2.45) is 11.7 Å². The van der Waals surface area contributed by atoms with Crippen LogP contribution < -0.4 is 5.73 Å². The maximum absolute atomic E-state index is 10.1. The van der Waals surface area contributed by atoms with Crippen LogP contribution in [0.4, 0.5) is 0 Å². The molecule has 0 aliphatic carbocycles. The first kappa shape index (κ1) is 14.9. The molecule has 0 saturated carbocycles. The molecule has 3 nitrogen and oxygen atoms in total. The fourth-order valence-corrected chi connectivity index (χ4v) is 2.81. The quantitative estimate of drug-likeness (QED) is 0.684. The molecule has 1 aliphatic heterocycles. The maximum atomic E-state index is 10.1. The molecule has 0 radical (unpaired) electrons. The van der Waals surface area contributed by atoms with Crippen molar-refractivity contribution in [2.75, 3.05) is 26.2 Å². The number of nitrogens with two attached hydrogens (primary N) is 1. The first-order chi connectivity index (χ1) is 8.13. The summed E-state index contributed by atoms with van der Waals surface area (Å²) < 4.78 is 0. The molecule has 3 N–H and O–H groups in total. The number of hydrogen-bond donors (Lipinski definition) is 2. The summed E-state index contributed by atoms with van der Waals surface area (Å²) in [5, 5.41) is 10.1. The molecular formula is C14H30N2O. The molecule has 0 spiro atoms. The highest BCUT2D eigenvalue weighted by atomic mass is 16.3. The fourth-order valence-electron chi connectivity index (χ4n) is 2.81. The Hall–Kier alpha value is -0.120. The molecule has 1 saturated heterocycles. The van der Waals surface area contributed by atoms with Crippen LogP contribution in [-0.2, 0) is 0 Å². The second-order valence-electron chi connectivity index (χ2n) is 5.63. The molecule has 1 fully saturated rings. The molecule has 3 heteroatoms. The summed E-state index contributed by atoms with van der Waals surface area (Å²) >= 11 is 0. The van der Waals surface area contributed by atoms with E-state index in [4.69, 9.17) is 5.73 Å². The molecule has 1 heterocycles. The highest BCUT2D eigenvalue weighted by Crippen LogP contribution is 2.22. The van der Waals surface area contributed by atoms with Gasteiger partial charge >= 0.3 is 0 Å². The number of likely N-dealkylation sites (tertiary alicyclic amines) is 1. The zero-order valence-corrected chi connectivity index (χ0v) is 11.6. The van der Waals surface area contributed by atoms with Gasteiger partial charge in [-0.05, 0) is 51.1 Å². The summed E-state index contributed by atoms with van der Waals surface area (Å²) in [4.78, 5) is 2.55. The smallest absolute Gasteiger partial charge is 0.0767 e. The van der Waals surface area contributed by atoms with Crippen LogP contribution in [0.15, 0.2) is 0 Å². The zero-order chi connectivity index (χ0) is 12.7. The van der Waals surface area contributed by atoms with E-state index in [0.717, 1.165) is 31.7 Å². The molecule has 0 aromatic heterocycles. The van der Waals surface area contributed by atoms with Crippen LogP contribution in [-0.4, -0.2) is 41.8 Å². The molecule has 1 rings (SSSR count). The average molecular weight is 242 g/mol. The van der Waals surface area contributed by atoms with E-state index in [-0.39, 0.29) is 0 Å². The first-order valence-corrected chi connectivity index (χ1v) is 7.28. The van der Waals surface area contributed by atoms with Crippen LogP contribution in [0.25, 0.3) is 0 Å². The van der Waals surface area contributed by atoms with Crippen LogP contribution in [0.5, 0.6) is 0 Å². The van der Waals surface area contributed by atoms with Crippen molar-refractivity contribution in [2.45, 2.75) is 58.0 Å². The minimum absolute atomic E-state index is 0.391. The summed E-state index contributed by atoms with van der Waals surface area (Å²) in [6.45, 7) is 8.31. The Morgan fingerprint density at radius 2 is 2.18 bits per heavy atom. The lowest BCUT2D eigenvalue weighted by Gasteiger charge is -2.26. The lowest BCUT2D eigenvalue weighted by atomic mass is 9.95. The number of rotatable bonds is 8. The topological polar surface area (TPSA) is 49.5 Å². The van der Waals surface area contributed by atoms with Crippen molar-refractivity contribution in [3.63, 3.8) is 0 Å². The van der Waals surface area contributed by atoms with Crippen LogP contribution in [0, 0.1) is 5.92 Å². The Labute approximate surface area is 106 Å². The van der Waals surface area contributed by atoms with Gasteiger partial charge in [-0.25, -0.2) is 0 Å². The summed E-state index contributed by atoms with van der Waals surface area (Å²) in [6.07, 6.45) is 6.72. The van der Waals surface area contributed by atoms with Crippen LogP contribution >= 0.6 is 0 Å². The van der Waals surface area contributed by atoms with Crippen molar-refractivity contribution < 1.29 is 5.11 Å². The van der Waals surface area contributed by atoms with E-state index in [1.807, 2.05) is 6.92 Å². The number of hydrogen-bond acceptors (Lipinski definition) is 3. The van der Waals surface area contributed by atoms with Gasteiger partial charge < -0.3 is 15.7 Å². The Balaban J connectivity index is 2.15. The first-order valence-electron chi connectivity index (χ1n) is 7.28. The maximum Gasteiger partial charge on any atom is 0.0767 e. The van der Waals surface area contributed by atoms with Gasteiger partial charge in [0.25, 0.3) is 0 Å². The number of nitrogens with zero attached hydrogens (tertiary/aromatic N) is 1. The summed E-state index contributed by atoms with van der Waals surface area (Å²) in [7, 11) is 0. The van der Waals surface area contributed by atoms with Gasteiger partial charge in [-0.1, -0.05) is 20.3 Å². The van der Waals surface area contributed by atoms with Gasteiger partial charge in [0.2, 0.25) is 0 Å². The van der Waals surface area contributed by atoms with Crippen molar-refractivity contribution in [3.05, 3.63) is 0 Å². The van der Waals surface area contributed by atoms with Crippen LogP contribution in [0.1, 0.15) is 52.4 Å². The summed E-state index contributed by atoms with van der Waals surface area (Å²) in [6, 6.07) is 0. The third-order valence-electron chi connectivity index (χ3n) is 4.22. The van der Waals surface area contributed by atoms with Gasteiger partial charge in [0.05, 0.1) is 5.60 Å². The molecule has 1 aliphatic rings.